The molecule has 0 radical (unpaired) electrons. The lowest BCUT2D eigenvalue weighted by Gasteiger charge is -1.96. The van der Waals surface area contributed by atoms with Crippen molar-refractivity contribution in [2.24, 2.45) is 0 Å². The minimum absolute atomic E-state index is 0.0525. The average molecular weight is 240 g/mol. The summed E-state index contributed by atoms with van der Waals surface area (Å²) in [6.45, 7) is 2.01. The second kappa shape index (κ2) is 3.93. The smallest absolute Gasteiger partial charge is 0.354 e. The van der Waals surface area contributed by atoms with Crippen molar-refractivity contribution in [2.75, 3.05) is 6.61 Å². The number of rotatable bonds is 3. The molecule has 0 bridgehead atoms. The normalized spacial score (nSPS) is 10.6. The van der Waals surface area contributed by atoms with Gasteiger partial charge in [0.2, 0.25) is 0 Å². The molecular formula is C9H8N2O4S. The van der Waals surface area contributed by atoms with E-state index < -0.39 is 10.9 Å². The van der Waals surface area contributed by atoms with Crippen LogP contribution in [-0.2, 0) is 4.74 Å². The van der Waals surface area contributed by atoms with E-state index in [2.05, 4.69) is 4.98 Å². The average Bonchev–Trinajstić information content (AvgIpc) is 2.73. The largest absolute Gasteiger partial charge is 0.461 e. The van der Waals surface area contributed by atoms with Crippen LogP contribution in [0.1, 0.15) is 17.4 Å². The van der Waals surface area contributed by atoms with Crippen LogP contribution < -0.4 is 0 Å². The molecule has 0 aliphatic rings. The lowest BCUT2D eigenvalue weighted by atomic mass is 10.4. The zero-order chi connectivity index (χ0) is 11.7. The third-order valence-electron chi connectivity index (χ3n) is 1.97. The van der Waals surface area contributed by atoms with Crippen LogP contribution in [0.3, 0.4) is 0 Å². The summed E-state index contributed by atoms with van der Waals surface area (Å²) in [6.07, 6.45) is 0. The van der Waals surface area contributed by atoms with Crippen molar-refractivity contribution in [1.29, 1.82) is 0 Å². The summed E-state index contributed by atoms with van der Waals surface area (Å²) < 4.78 is 5.48. The summed E-state index contributed by atoms with van der Waals surface area (Å²) in [6, 6.07) is 2.97. The van der Waals surface area contributed by atoms with Crippen LogP contribution in [0.5, 0.6) is 0 Å². The minimum Gasteiger partial charge on any atom is -0.461 e. The number of H-pyrrole nitrogens is 1. The van der Waals surface area contributed by atoms with Crippen molar-refractivity contribution >= 4 is 32.5 Å². The predicted octanol–water partition coefficient (Wildman–Crippen LogP) is 2.31. The molecule has 0 aromatic carbocycles. The van der Waals surface area contributed by atoms with Crippen molar-refractivity contribution in [3.05, 3.63) is 27.9 Å². The van der Waals surface area contributed by atoms with Gasteiger partial charge in [-0.1, -0.05) is 11.3 Å². The highest BCUT2D eigenvalue weighted by Gasteiger charge is 2.16. The lowest BCUT2D eigenvalue weighted by molar-refractivity contribution is -0.380. The van der Waals surface area contributed by atoms with Crippen molar-refractivity contribution < 1.29 is 14.5 Å². The zero-order valence-corrected chi connectivity index (χ0v) is 9.17. The fourth-order valence-corrected chi connectivity index (χ4v) is 2.19. The summed E-state index contributed by atoms with van der Waals surface area (Å²) in [7, 11) is 0. The number of aromatic amines is 1. The van der Waals surface area contributed by atoms with E-state index in [9.17, 15) is 14.9 Å². The highest BCUT2D eigenvalue weighted by atomic mass is 32.1. The molecule has 0 atom stereocenters. The molecule has 1 N–H and O–H groups in total. The minimum atomic E-state index is -0.456. The van der Waals surface area contributed by atoms with Gasteiger partial charge < -0.3 is 9.72 Å². The molecule has 0 amide bonds. The first-order valence-corrected chi connectivity index (χ1v) is 5.37. The zero-order valence-electron chi connectivity index (χ0n) is 8.35. The number of nitrogens with zero attached hydrogens (tertiary/aromatic N) is 1. The second-order valence-electron chi connectivity index (χ2n) is 3.02. The van der Waals surface area contributed by atoms with Gasteiger partial charge in [0.25, 0.3) is 0 Å². The van der Waals surface area contributed by atoms with Crippen LogP contribution in [-0.4, -0.2) is 22.5 Å². The van der Waals surface area contributed by atoms with Gasteiger partial charge in [-0.3, -0.25) is 10.1 Å². The Morgan fingerprint density at radius 3 is 2.94 bits per heavy atom. The Labute approximate surface area is 94.0 Å². The molecule has 0 fully saturated rings. The number of nitro groups is 1. The number of aromatic nitrogens is 1. The quantitative estimate of drug-likeness (QED) is 0.506. The number of hydrogen-bond acceptors (Lipinski definition) is 5. The van der Waals surface area contributed by atoms with Crippen LogP contribution in [0.2, 0.25) is 0 Å². The fraction of sp³-hybridized carbons (Fsp3) is 0.222. The standard InChI is InChI=1S/C9H8N2O4S/c1-2-15-9(12)6-3-7-5(10-6)4-8(16-7)11(13)14/h3-4,10H,2H2,1H3. The molecule has 2 aromatic heterocycles. The van der Waals surface area contributed by atoms with Crippen LogP contribution in [0, 0.1) is 10.1 Å². The van der Waals surface area contributed by atoms with Crippen molar-refractivity contribution in [2.45, 2.75) is 6.92 Å². The van der Waals surface area contributed by atoms with Gasteiger partial charge in [-0.05, 0) is 13.0 Å². The Morgan fingerprint density at radius 1 is 1.62 bits per heavy atom. The number of thiophene rings is 1. The summed E-state index contributed by atoms with van der Waals surface area (Å²) in [5.41, 5.74) is 0.901. The Kier molecular flexibility index (Phi) is 2.61. The first-order chi connectivity index (χ1) is 7.61. The maximum atomic E-state index is 11.3. The number of carbonyl (C=O) groups is 1. The Balaban J connectivity index is 2.35. The topological polar surface area (TPSA) is 85.2 Å². The van der Waals surface area contributed by atoms with E-state index in [0.717, 1.165) is 11.3 Å². The van der Waals surface area contributed by atoms with E-state index in [0.29, 0.717) is 22.5 Å². The van der Waals surface area contributed by atoms with E-state index in [1.54, 1.807) is 13.0 Å². The summed E-state index contributed by atoms with van der Waals surface area (Å²) in [5.74, 6) is -0.450. The highest BCUT2D eigenvalue weighted by Crippen LogP contribution is 2.31. The molecule has 2 aromatic rings. The molecule has 2 rings (SSSR count). The summed E-state index contributed by atoms with van der Waals surface area (Å²) >= 11 is 1.02. The molecule has 0 unspecified atom stereocenters. The van der Waals surface area contributed by atoms with Gasteiger partial charge in [0.05, 0.1) is 27.8 Å². The van der Waals surface area contributed by atoms with Crippen LogP contribution in [0.15, 0.2) is 12.1 Å². The number of ether oxygens (including phenoxy) is 1. The van der Waals surface area contributed by atoms with E-state index in [-0.39, 0.29) is 5.00 Å². The van der Waals surface area contributed by atoms with E-state index in [4.69, 9.17) is 4.74 Å². The molecule has 0 saturated carbocycles. The van der Waals surface area contributed by atoms with Gasteiger partial charge in [0.1, 0.15) is 5.69 Å². The van der Waals surface area contributed by atoms with Crippen LogP contribution >= 0.6 is 11.3 Å². The van der Waals surface area contributed by atoms with Crippen molar-refractivity contribution in [3.63, 3.8) is 0 Å². The third kappa shape index (κ3) is 1.76. The van der Waals surface area contributed by atoms with Crippen LogP contribution in [0.25, 0.3) is 10.2 Å². The molecule has 0 spiro atoms. The number of hydrogen-bond donors (Lipinski definition) is 1. The summed E-state index contributed by atoms with van der Waals surface area (Å²) in [5, 5.41) is 10.6. The third-order valence-corrected chi connectivity index (χ3v) is 3.00. The van der Waals surface area contributed by atoms with Gasteiger partial charge in [0, 0.05) is 0 Å². The number of carbonyl (C=O) groups excluding carboxylic acids is 1. The predicted molar refractivity (Wildman–Crippen MR) is 58.8 cm³/mol. The first-order valence-electron chi connectivity index (χ1n) is 4.56. The van der Waals surface area contributed by atoms with Crippen LogP contribution in [0.4, 0.5) is 5.00 Å². The second-order valence-corrected chi connectivity index (χ2v) is 4.09. The Bertz CT molecular complexity index is 525. The molecule has 7 heteroatoms. The number of fused-ring (bicyclic) bond motifs is 1. The first kappa shape index (κ1) is 10.6. The van der Waals surface area contributed by atoms with Gasteiger partial charge in [-0.2, -0.15) is 0 Å². The molecule has 6 nitrogen and oxygen atoms in total. The van der Waals surface area contributed by atoms with E-state index in [1.165, 1.54) is 6.07 Å². The van der Waals surface area contributed by atoms with Gasteiger partial charge >= 0.3 is 11.0 Å². The molecule has 2 heterocycles. The van der Waals surface area contributed by atoms with E-state index in [1.807, 2.05) is 0 Å². The molecule has 16 heavy (non-hydrogen) atoms. The number of nitrogens with one attached hydrogen (secondary N) is 1. The Morgan fingerprint density at radius 2 is 2.38 bits per heavy atom. The fourth-order valence-electron chi connectivity index (χ4n) is 1.32. The maximum Gasteiger partial charge on any atom is 0.354 e. The molecule has 84 valence electrons. The SMILES string of the molecule is CCOC(=O)c1cc2sc([N+](=O)[O-])cc2[nH]1. The molecular weight excluding hydrogens is 232 g/mol. The van der Waals surface area contributed by atoms with Crippen molar-refractivity contribution in [3.8, 4) is 0 Å². The molecule has 0 aliphatic heterocycles. The molecule has 0 saturated heterocycles. The Hall–Kier alpha value is -1.89. The van der Waals surface area contributed by atoms with Crippen molar-refractivity contribution in [1.82, 2.24) is 4.98 Å². The maximum absolute atomic E-state index is 11.3. The monoisotopic (exact) mass is 240 g/mol. The molecule has 0 aliphatic carbocycles. The van der Waals surface area contributed by atoms with Gasteiger partial charge in [-0.15, -0.1) is 0 Å². The summed E-state index contributed by atoms with van der Waals surface area (Å²) in [4.78, 5) is 24.2. The highest BCUT2D eigenvalue weighted by molar-refractivity contribution is 7.22. The van der Waals surface area contributed by atoms with Gasteiger partial charge in [-0.25, -0.2) is 4.79 Å². The van der Waals surface area contributed by atoms with Gasteiger partial charge in [0.15, 0.2) is 0 Å². The lowest BCUT2D eigenvalue weighted by Crippen LogP contribution is -2.04. The number of esters is 1. The van der Waals surface area contributed by atoms with E-state index >= 15 is 0 Å².